The van der Waals surface area contributed by atoms with Crippen LogP contribution in [0.2, 0.25) is 0 Å². The van der Waals surface area contributed by atoms with E-state index in [-0.39, 0.29) is 17.8 Å². The average molecular weight is 261 g/mol. The van der Waals surface area contributed by atoms with Crippen molar-refractivity contribution in [2.24, 2.45) is 5.92 Å². The van der Waals surface area contributed by atoms with Gasteiger partial charge in [-0.1, -0.05) is 6.92 Å². The highest BCUT2D eigenvalue weighted by atomic mass is 16.5. The Morgan fingerprint density at radius 1 is 1.47 bits per heavy atom. The molecule has 2 atom stereocenters. The molecule has 19 heavy (non-hydrogen) atoms. The Bertz CT molecular complexity index is 669. The fourth-order valence-corrected chi connectivity index (χ4v) is 2.66. The first-order chi connectivity index (χ1) is 9.19. The molecule has 2 aromatic rings. The summed E-state index contributed by atoms with van der Waals surface area (Å²) in [5.41, 5.74) is 1.60. The molecule has 2 unspecified atom stereocenters. The maximum Gasteiger partial charge on any atom is 0.417 e. The zero-order valence-corrected chi connectivity index (χ0v) is 10.6. The molecule has 1 aromatic carbocycles. The molecule has 1 fully saturated rings. The maximum absolute atomic E-state index is 12.5. The van der Waals surface area contributed by atoms with Gasteiger partial charge in [-0.3, -0.25) is 9.78 Å². The smallest absolute Gasteiger partial charge is 0.408 e. The van der Waals surface area contributed by atoms with E-state index in [1.54, 1.807) is 18.2 Å². The zero-order valence-electron chi connectivity index (χ0n) is 10.6. The third kappa shape index (κ3) is 2.10. The second-order valence-corrected chi connectivity index (χ2v) is 4.80. The van der Waals surface area contributed by atoms with Crippen molar-refractivity contribution in [2.75, 3.05) is 6.61 Å². The van der Waals surface area contributed by atoms with Crippen LogP contribution in [0.5, 0.6) is 0 Å². The Morgan fingerprint density at radius 2 is 2.32 bits per heavy atom. The number of benzene rings is 1. The highest BCUT2D eigenvalue weighted by molar-refractivity contribution is 6.00. The van der Waals surface area contributed by atoms with Crippen molar-refractivity contribution >= 4 is 16.9 Å². The third-order valence-electron chi connectivity index (χ3n) is 3.65. The van der Waals surface area contributed by atoms with E-state index in [1.165, 1.54) is 0 Å². The number of hydrogen-bond donors (Lipinski definition) is 1. The highest BCUT2D eigenvalue weighted by Gasteiger charge is 2.33. The molecule has 0 amide bonds. The van der Waals surface area contributed by atoms with Crippen LogP contribution in [-0.4, -0.2) is 23.5 Å². The van der Waals surface area contributed by atoms with E-state index >= 15 is 0 Å². The number of aromatic nitrogens is 1. The largest absolute Gasteiger partial charge is 0.417 e. The molecule has 1 aliphatic rings. The Kier molecular flexibility index (Phi) is 2.98. The summed E-state index contributed by atoms with van der Waals surface area (Å²) in [6.07, 6.45) is 1.59. The molecule has 1 aliphatic heterocycles. The zero-order chi connectivity index (χ0) is 13.4. The molecule has 0 aliphatic carbocycles. The van der Waals surface area contributed by atoms with Gasteiger partial charge in [0.1, 0.15) is 0 Å². The number of ether oxygens (including phenoxy) is 1. The van der Waals surface area contributed by atoms with Crippen molar-refractivity contribution in [3.8, 4) is 0 Å². The molecule has 2 heterocycles. The number of rotatable bonds is 3. The monoisotopic (exact) mass is 261 g/mol. The molecule has 5 nitrogen and oxygen atoms in total. The van der Waals surface area contributed by atoms with Crippen LogP contribution in [0.4, 0.5) is 0 Å². The lowest BCUT2D eigenvalue weighted by atomic mass is 9.90. The lowest BCUT2D eigenvalue weighted by molar-refractivity contribution is 0.0689. The molecular weight excluding hydrogens is 246 g/mol. The lowest BCUT2D eigenvalue weighted by Gasteiger charge is -2.15. The summed E-state index contributed by atoms with van der Waals surface area (Å²) in [6.45, 7) is 2.65. The Balaban J connectivity index is 1.94. The molecule has 0 spiro atoms. The van der Waals surface area contributed by atoms with E-state index in [0.29, 0.717) is 23.3 Å². The molecular formula is C14H15NO4. The summed E-state index contributed by atoms with van der Waals surface area (Å²) in [5.74, 6) is -0.529. The molecule has 100 valence electrons. The Labute approximate surface area is 109 Å². The number of oxazole rings is 1. The first kappa shape index (κ1) is 12.2. The number of aromatic amines is 1. The van der Waals surface area contributed by atoms with E-state index in [9.17, 15) is 9.59 Å². The third-order valence-corrected chi connectivity index (χ3v) is 3.65. The fourth-order valence-electron chi connectivity index (χ4n) is 2.66. The van der Waals surface area contributed by atoms with Gasteiger partial charge in [0, 0.05) is 12.2 Å². The topological polar surface area (TPSA) is 72.3 Å². The summed E-state index contributed by atoms with van der Waals surface area (Å²) in [5, 5.41) is 0. The number of nitrogens with one attached hydrogen (secondary N) is 1. The van der Waals surface area contributed by atoms with E-state index in [2.05, 4.69) is 4.98 Å². The van der Waals surface area contributed by atoms with Gasteiger partial charge < -0.3 is 9.15 Å². The van der Waals surface area contributed by atoms with Crippen LogP contribution in [0.25, 0.3) is 11.1 Å². The van der Waals surface area contributed by atoms with Gasteiger partial charge in [-0.2, -0.15) is 0 Å². The second kappa shape index (κ2) is 4.66. The van der Waals surface area contributed by atoms with Crippen LogP contribution < -0.4 is 5.76 Å². The van der Waals surface area contributed by atoms with Crippen molar-refractivity contribution in [1.29, 1.82) is 0 Å². The SMILES string of the molecule is CCC1OCCC1C(=O)c1ccc2[nH]c(=O)oc2c1. The summed E-state index contributed by atoms with van der Waals surface area (Å²) in [7, 11) is 0. The van der Waals surface area contributed by atoms with Crippen molar-refractivity contribution in [2.45, 2.75) is 25.9 Å². The summed E-state index contributed by atoms with van der Waals surface area (Å²) in [6, 6.07) is 5.05. The molecule has 0 radical (unpaired) electrons. The number of H-pyrrole nitrogens is 1. The van der Waals surface area contributed by atoms with Crippen molar-refractivity contribution in [1.82, 2.24) is 4.98 Å². The van der Waals surface area contributed by atoms with Gasteiger partial charge >= 0.3 is 5.76 Å². The Hall–Kier alpha value is -1.88. The summed E-state index contributed by atoms with van der Waals surface area (Å²) < 4.78 is 10.5. The van der Waals surface area contributed by atoms with Gasteiger partial charge in [-0.15, -0.1) is 0 Å². The van der Waals surface area contributed by atoms with Crippen LogP contribution in [-0.2, 0) is 4.74 Å². The van der Waals surface area contributed by atoms with E-state index in [1.807, 2.05) is 6.92 Å². The molecule has 1 aromatic heterocycles. The van der Waals surface area contributed by atoms with Gasteiger partial charge in [-0.25, -0.2) is 4.79 Å². The number of ketones is 1. The average Bonchev–Trinajstić information content (AvgIpc) is 3.01. The van der Waals surface area contributed by atoms with Crippen molar-refractivity contribution in [3.05, 3.63) is 34.3 Å². The van der Waals surface area contributed by atoms with E-state index in [0.717, 1.165) is 12.8 Å². The minimum atomic E-state index is -0.504. The summed E-state index contributed by atoms with van der Waals surface area (Å²) in [4.78, 5) is 26.1. The number of fused-ring (bicyclic) bond motifs is 1. The van der Waals surface area contributed by atoms with Gasteiger partial charge in [0.15, 0.2) is 11.4 Å². The van der Waals surface area contributed by atoms with Crippen LogP contribution >= 0.6 is 0 Å². The van der Waals surface area contributed by atoms with E-state index in [4.69, 9.17) is 9.15 Å². The molecule has 1 N–H and O–H groups in total. The van der Waals surface area contributed by atoms with Gasteiger partial charge in [0.25, 0.3) is 0 Å². The van der Waals surface area contributed by atoms with Gasteiger partial charge in [0.05, 0.1) is 17.5 Å². The highest BCUT2D eigenvalue weighted by Crippen LogP contribution is 2.27. The molecule has 0 saturated carbocycles. The Morgan fingerprint density at radius 3 is 3.11 bits per heavy atom. The normalized spacial score (nSPS) is 23.0. The number of hydrogen-bond acceptors (Lipinski definition) is 4. The number of carbonyl (C=O) groups is 1. The first-order valence-electron chi connectivity index (χ1n) is 6.47. The molecule has 3 rings (SSSR count). The quantitative estimate of drug-likeness (QED) is 0.859. The van der Waals surface area contributed by atoms with Crippen LogP contribution in [0.15, 0.2) is 27.4 Å². The minimum Gasteiger partial charge on any atom is -0.408 e. The standard InChI is InChI=1S/C14H15NO4/c1-2-11-9(5-6-18-11)13(16)8-3-4-10-12(7-8)19-14(17)15-10/h3-4,7,9,11H,2,5-6H2,1H3,(H,15,17). The predicted octanol–water partition coefficient (Wildman–Crippen LogP) is 2.12. The lowest BCUT2D eigenvalue weighted by Crippen LogP contribution is -2.23. The van der Waals surface area contributed by atoms with Gasteiger partial charge in [0.2, 0.25) is 0 Å². The first-order valence-corrected chi connectivity index (χ1v) is 6.47. The molecule has 5 heteroatoms. The van der Waals surface area contributed by atoms with Crippen molar-refractivity contribution < 1.29 is 13.9 Å². The fraction of sp³-hybridized carbons (Fsp3) is 0.429. The number of carbonyl (C=O) groups excluding carboxylic acids is 1. The van der Waals surface area contributed by atoms with E-state index < -0.39 is 5.76 Å². The predicted molar refractivity (Wildman–Crippen MR) is 69.3 cm³/mol. The minimum absolute atomic E-state index is 0.00132. The van der Waals surface area contributed by atoms with Crippen LogP contribution in [0.1, 0.15) is 30.1 Å². The van der Waals surface area contributed by atoms with Gasteiger partial charge in [-0.05, 0) is 31.0 Å². The molecule has 0 bridgehead atoms. The summed E-state index contributed by atoms with van der Waals surface area (Å²) >= 11 is 0. The van der Waals surface area contributed by atoms with Crippen LogP contribution in [0, 0.1) is 5.92 Å². The number of Topliss-reactive ketones (excluding diaryl/α,β-unsaturated/α-hetero) is 1. The van der Waals surface area contributed by atoms with Crippen LogP contribution in [0.3, 0.4) is 0 Å². The molecule has 1 saturated heterocycles. The maximum atomic E-state index is 12.5. The second-order valence-electron chi connectivity index (χ2n) is 4.80. The van der Waals surface area contributed by atoms with Crippen molar-refractivity contribution in [3.63, 3.8) is 0 Å².